The Morgan fingerprint density at radius 1 is 1.28 bits per heavy atom. The molecule has 5 heteroatoms. The molecule has 0 heterocycles. The molecule has 1 aromatic carbocycles. The highest BCUT2D eigenvalue weighted by Gasteiger charge is 2.11. The van der Waals surface area contributed by atoms with E-state index in [0.717, 1.165) is 6.42 Å². The van der Waals surface area contributed by atoms with Gasteiger partial charge in [0.15, 0.2) is 0 Å². The fourth-order valence-corrected chi connectivity index (χ4v) is 1.33. The van der Waals surface area contributed by atoms with Gasteiger partial charge in [-0.15, -0.1) is 0 Å². The van der Waals surface area contributed by atoms with Gasteiger partial charge in [0, 0.05) is 12.2 Å². The van der Waals surface area contributed by atoms with E-state index in [0.29, 0.717) is 5.69 Å². The number of aryl methyl sites for hydroxylation is 1. The number of hydrogen-bond acceptors (Lipinski definition) is 2. The summed E-state index contributed by atoms with van der Waals surface area (Å²) in [7, 11) is 0. The summed E-state index contributed by atoms with van der Waals surface area (Å²) < 4.78 is 0. The first-order valence-corrected chi connectivity index (χ1v) is 5.89. The van der Waals surface area contributed by atoms with Crippen LogP contribution in [0.4, 0.5) is 10.5 Å². The van der Waals surface area contributed by atoms with Crippen molar-refractivity contribution < 1.29 is 14.7 Å². The number of carbonyl (C=O) groups excluding carboxylic acids is 1. The van der Waals surface area contributed by atoms with Gasteiger partial charge in [-0.3, -0.25) is 4.79 Å². The fourth-order valence-electron chi connectivity index (χ4n) is 1.33. The third-order valence-electron chi connectivity index (χ3n) is 2.61. The minimum Gasteiger partial charge on any atom is -0.481 e. The average Bonchev–Trinajstić information content (AvgIpc) is 2.36. The molecule has 0 spiro atoms. The summed E-state index contributed by atoms with van der Waals surface area (Å²) in [5.41, 5.74) is 1.88. The number of aliphatic carboxylic acids is 1. The highest BCUT2D eigenvalue weighted by molar-refractivity contribution is 5.89. The van der Waals surface area contributed by atoms with Crippen LogP contribution in [0.25, 0.3) is 0 Å². The molecule has 0 saturated carbocycles. The summed E-state index contributed by atoms with van der Waals surface area (Å²) in [5, 5.41) is 13.8. The van der Waals surface area contributed by atoms with E-state index >= 15 is 0 Å². The minimum absolute atomic E-state index is 0.105. The zero-order valence-electron chi connectivity index (χ0n) is 10.6. The average molecular weight is 250 g/mol. The van der Waals surface area contributed by atoms with Crippen LogP contribution in [-0.2, 0) is 11.2 Å². The summed E-state index contributed by atoms with van der Waals surface area (Å²) in [4.78, 5) is 22.0. The van der Waals surface area contributed by atoms with Gasteiger partial charge in [0.2, 0.25) is 0 Å². The molecule has 0 aliphatic rings. The molecule has 18 heavy (non-hydrogen) atoms. The predicted molar refractivity (Wildman–Crippen MR) is 69.6 cm³/mol. The van der Waals surface area contributed by atoms with Gasteiger partial charge in [-0.25, -0.2) is 4.79 Å². The van der Waals surface area contributed by atoms with Crippen LogP contribution >= 0.6 is 0 Å². The highest BCUT2D eigenvalue weighted by atomic mass is 16.4. The molecule has 0 bridgehead atoms. The SMILES string of the molecule is CCc1ccc(NC(=O)NCC(C)C(=O)O)cc1. The molecule has 0 saturated heterocycles. The van der Waals surface area contributed by atoms with Crippen molar-refractivity contribution in [3.63, 3.8) is 0 Å². The van der Waals surface area contributed by atoms with Crippen LogP contribution in [0.1, 0.15) is 19.4 Å². The Morgan fingerprint density at radius 3 is 2.39 bits per heavy atom. The number of anilines is 1. The molecule has 0 radical (unpaired) electrons. The van der Waals surface area contributed by atoms with Crippen molar-refractivity contribution in [2.45, 2.75) is 20.3 Å². The largest absolute Gasteiger partial charge is 0.481 e. The van der Waals surface area contributed by atoms with Crippen molar-refractivity contribution in [3.05, 3.63) is 29.8 Å². The Morgan fingerprint density at radius 2 is 1.89 bits per heavy atom. The van der Waals surface area contributed by atoms with Crippen molar-refractivity contribution >= 4 is 17.7 Å². The second-order valence-electron chi connectivity index (χ2n) is 4.12. The number of benzene rings is 1. The quantitative estimate of drug-likeness (QED) is 0.748. The van der Waals surface area contributed by atoms with Crippen LogP contribution in [0.5, 0.6) is 0 Å². The number of nitrogens with one attached hydrogen (secondary N) is 2. The lowest BCUT2D eigenvalue weighted by Gasteiger charge is -2.10. The summed E-state index contributed by atoms with van der Waals surface area (Å²) in [6.45, 7) is 3.70. The van der Waals surface area contributed by atoms with Gasteiger partial charge in [0.05, 0.1) is 5.92 Å². The van der Waals surface area contributed by atoms with Crippen LogP contribution in [-0.4, -0.2) is 23.7 Å². The normalized spacial score (nSPS) is 11.7. The van der Waals surface area contributed by atoms with Gasteiger partial charge in [-0.05, 0) is 24.1 Å². The van der Waals surface area contributed by atoms with E-state index in [-0.39, 0.29) is 6.54 Å². The van der Waals surface area contributed by atoms with Gasteiger partial charge in [-0.2, -0.15) is 0 Å². The molecule has 1 rings (SSSR count). The highest BCUT2D eigenvalue weighted by Crippen LogP contribution is 2.09. The molecule has 1 aromatic rings. The van der Waals surface area contributed by atoms with E-state index in [2.05, 4.69) is 17.6 Å². The van der Waals surface area contributed by atoms with Crippen molar-refractivity contribution in [1.29, 1.82) is 0 Å². The van der Waals surface area contributed by atoms with E-state index in [1.807, 2.05) is 24.3 Å². The molecular weight excluding hydrogens is 232 g/mol. The van der Waals surface area contributed by atoms with Gasteiger partial charge < -0.3 is 15.7 Å². The lowest BCUT2D eigenvalue weighted by Crippen LogP contribution is -2.34. The van der Waals surface area contributed by atoms with Gasteiger partial charge >= 0.3 is 12.0 Å². The smallest absolute Gasteiger partial charge is 0.319 e. The standard InChI is InChI=1S/C13H18N2O3/c1-3-10-4-6-11(7-5-10)15-13(18)14-8-9(2)12(16)17/h4-7,9H,3,8H2,1-2H3,(H,16,17)(H2,14,15,18). The Hall–Kier alpha value is -2.04. The van der Waals surface area contributed by atoms with Gasteiger partial charge in [0.1, 0.15) is 0 Å². The summed E-state index contributed by atoms with van der Waals surface area (Å²) in [6, 6.07) is 7.12. The van der Waals surface area contributed by atoms with E-state index in [4.69, 9.17) is 5.11 Å². The van der Waals surface area contributed by atoms with Gasteiger partial charge in [-0.1, -0.05) is 26.0 Å². The Kier molecular flexibility index (Phi) is 5.17. The molecule has 0 aliphatic carbocycles. The third kappa shape index (κ3) is 4.45. The van der Waals surface area contributed by atoms with Crippen LogP contribution in [0, 0.1) is 5.92 Å². The maximum absolute atomic E-state index is 11.5. The number of urea groups is 1. The molecular formula is C13H18N2O3. The topological polar surface area (TPSA) is 78.4 Å². The zero-order valence-corrected chi connectivity index (χ0v) is 10.6. The van der Waals surface area contributed by atoms with Crippen molar-refractivity contribution in [3.8, 4) is 0 Å². The first-order chi connectivity index (χ1) is 8.52. The van der Waals surface area contributed by atoms with Crippen LogP contribution < -0.4 is 10.6 Å². The molecule has 0 aliphatic heterocycles. The van der Waals surface area contributed by atoms with Crippen molar-refractivity contribution in [2.75, 3.05) is 11.9 Å². The van der Waals surface area contributed by atoms with Crippen LogP contribution in [0.2, 0.25) is 0 Å². The van der Waals surface area contributed by atoms with E-state index in [1.165, 1.54) is 5.56 Å². The molecule has 3 N–H and O–H groups in total. The third-order valence-corrected chi connectivity index (χ3v) is 2.61. The molecule has 0 fully saturated rings. The number of amides is 2. The van der Waals surface area contributed by atoms with Crippen molar-refractivity contribution in [2.24, 2.45) is 5.92 Å². The summed E-state index contributed by atoms with van der Waals surface area (Å²) in [6.07, 6.45) is 0.947. The molecule has 1 unspecified atom stereocenters. The lowest BCUT2D eigenvalue weighted by molar-refractivity contribution is -0.140. The van der Waals surface area contributed by atoms with E-state index < -0.39 is 17.9 Å². The first kappa shape index (κ1) is 14.0. The predicted octanol–water partition coefficient (Wildman–Crippen LogP) is 2.09. The van der Waals surface area contributed by atoms with Crippen LogP contribution in [0.3, 0.4) is 0 Å². The number of hydrogen-bond donors (Lipinski definition) is 3. The van der Waals surface area contributed by atoms with Crippen LogP contribution in [0.15, 0.2) is 24.3 Å². The maximum Gasteiger partial charge on any atom is 0.319 e. The number of carboxylic acid groups (broad SMARTS) is 1. The Bertz CT molecular complexity index is 415. The number of rotatable bonds is 5. The second-order valence-corrected chi connectivity index (χ2v) is 4.12. The number of carbonyl (C=O) groups is 2. The summed E-state index contributed by atoms with van der Waals surface area (Å²) in [5.74, 6) is -1.53. The maximum atomic E-state index is 11.5. The minimum atomic E-state index is -0.928. The van der Waals surface area contributed by atoms with Gasteiger partial charge in [0.25, 0.3) is 0 Å². The fraction of sp³-hybridized carbons (Fsp3) is 0.385. The number of carboxylic acids is 1. The monoisotopic (exact) mass is 250 g/mol. The van der Waals surface area contributed by atoms with E-state index in [9.17, 15) is 9.59 Å². The van der Waals surface area contributed by atoms with E-state index in [1.54, 1.807) is 6.92 Å². The van der Waals surface area contributed by atoms with Crippen molar-refractivity contribution in [1.82, 2.24) is 5.32 Å². The molecule has 0 aromatic heterocycles. The lowest BCUT2D eigenvalue weighted by atomic mass is 10.1. The second kappa shape index (κ2) is 6.64. The Balaban J connectivity index is 2.42. The molecule has 98 valence electrons. The zero-order chi connectivity index (χ0) is 13.5. The summed E-state index contributed by atoms with van der Waals surface area (Å²) >= 11 is 0. The molecule has 1 atom stereocenters. The molecule has 2 amide bonds. The Labute approximate surface area is 106 Å². The molecule has 5 nitrogen and oxygen atoms in total. The first-order valence-electron chi connectivity index (χ1n) is 5.89.